The number of aryl methyl sites for hydroxylation is 1. The molecule has 0 aliphatic carbocycles. The monoisotopic (exact) mass is 477 g/mol. The first-order valence-electron chi connectivity index (χ1n) is 10.8. The predicted octanol–water partition coefficient (Wildman–Crippen LogP) is 4.53. The highest BCUT2D eigenvalue weighted by Crippen LogP contribution is 2.34. The Morgan fingerprint density at radius 3 is 2.26 bits per heavy atom. The lowest BCUT2D eigenvalue weighted by molar-refractivity contribution is -0.385. The van der Waals surface area contributed by atoms with Gasteiger partial charge in [0.25, 0.3) is 11.6 Å². The van der Waals surface area contributed by atoms with Gasteiger partial charge in [-0.05, 0) is 17.7 Å². The van der Waals surface area contributed by atoms with Crippen LogP contribution in [0.15, 0.2) is 72.9 Å². The minimum absolute atomic E-state index is 0. The highest BCUT2D eigenvalue weighted by Gasteiger charge is 2.29. The number of para-hydroxylation sites is 1. The number of carbonyl (C=O) groups is 1. The second-order valence-corrected chi connectivity index (χ2v) is 8.08. The number of fused-ring (bicyclic) bond motifs is 1. The Bertz CT molecular complexity index is 1330. The fourth-order valence-electron chi connectivity index (χ4n) is 4.51. The van der Waals surface area contributed by atoms with Crippen molar-refractivity contribution in [2.24, 2.45) is 7.05 Å². The zero-order valence-corrected chi connectivity index (χ0v) is 19.4. The molecule has 1 aliphatic rings. The Hall–Kier alpha value is -3.91. The number of hydrogen-bond donors (Lipinski definition) is 0. The Morgan fingerprint density at radius 2 is 1.62 bits per heavy atom. The van der Waals surface area contributed by atoms with Crippen molar-refractivity contribution in [2.75, 3.05) is 31.1 Å². The lowest BCUT2D eigenvalue weighted by atomic mass is 10.0. The molecule has 2 aromatic heterocycles. The van der Waals surface area contributed by atoms with Crippen molar-refractivity contribution in [3.05, 3.63) is 88.6 Å². The number of hydrogen-bond acceptors (Lipinski definition) is 5. The van der Waals surface area contributed by atoms with Crippen molar-refractivity contribution < 1.29 is 9.72 Å². The standard InChI is InChI=1S/C25H23N5O3.ClH/c1-27-21-10-6-5-9-20(21)23(24(27)18-7-3-2-4-8-18)25(31)29-15-13-28(14-16-29)22-12-11-19(17-26-22)30(32)33;/h2-12,17H,13-16H2,1H3;1H. The van der Waals surface area contributed by atoms with Crippen molar-refractivity contribution in [3.63, 3.8) is 0 Å². The summed E-state index contributed by atoms with van der Waals surface area (Å²) in [5, 5.41) is 11.8. The van der Waals surface area contributed by atoms with Gasteiger partial charge in [-0.2, -0.15) is 0 Å². The molecule has 1 fully saturated rings. The van der Waals surface area contributed by atoms with Gasteiger partial charge in [0.05, 0.1) is 16.2 Å². The first-order valence-corrected chi connectivity index (χ1v) is 10.8. The number of pyridine rings is 1. The molecule has 0 unspecified atom stereocenters. The number of amides is 1. The molecule has 1 saturated heterocycles. The summed E-state index contributed by atoms with van der Waals surface area (Å²) < 4.78 is 2.09. The number of rotatable bonds is 4. The van der Waals surface area contributed by atoms with E-state index in [0.29, 0.717) is 32.0 Å². The number of piperazine rings is 1. The molecule has 8 nitrogen and oxygen atoms in total. The molecule has 0 N–H and O–H groups in total. The van der Waals surface area contributed by atoms with Crippen LogP contribution in [0.1, 0.15) is 10.4 Å². The van der Waals surface area contributed by atoms with E-state index in [9.17, 15) is 14.9 Å². The van der Waals surface area contributed by atoms with Crippen LogP contribution in [-0.2, 0) is 7.05 Å². The third-order valence-corrected chi connectivity index (χ3v) is 6.20. The van der Waals surface area contributed by atoms with Gasteiger partial charge in [0.2, 0.25) is 0 Å². The normalized spacial score (nSPS) is 13.6. The molecule has 4 aromatic rings. The molecule has 0 bridgehead atoms. The van der Waals surface area contributed by atoms with E-state index in [1.807, 2.05) is 66.5 Å². The SMILES string of the molecule is Cl.Cn1c(-c2ccccc2)c(C(=O)N2CCN(c3ccc([N+](=O)[O-])cn3)CC2)c2ccccc21. The molecule has 2 aromatic carbocycles. The lowest BCUT2D eigenvalue weighted by Crippen LogP contribution is -2.49. The first-order chi connectivity index (χ1) is 16.0. The second-order valence-electron chi connectivity index (χ2n) is 8.08. The number of nitro groups is 1. The molecule has 0 atom stereocenters. The zero-order valence-electron chi connectivity index (χ0n) is 18.6. The van der Waals surface area contributed by atoms with E-state index in [1.54, 1.807) is 6.07 Å². The minimum Gasteiger partial charge on any atom is -0.353 e. The maximum atomic E-state index is 13.8. The van der Waals surface area contributed by atoms with Crippen LogP contribution in [0.4, 0.5) is 11.5 Å². The van der Waals surface area contributed by atoms with Crippen LogP contribution in [0, 0.1) is 10.1 Å². The summed E-state index contributed by atoms with van der Waals surface area (Å²) in [6, 6.07) is 21.1. The Labute approximate surface area is 203 Å². The van der Waals surface area contributed by atoms with Crippen molar-refractivity contribution in [1.29, 1.82) is 0 Å². The lowest BCUT2D eigenvalue weighted by Gasteiger charge is -2.35. The maximum absolute atomic E-state index is 13.8. The van der Waals surface area contributed by atoms with Crippen molar-refractivity contribution in [1.82, 2.24) is 14.5 Å². The van der Waals surface area contributed by atoms with Crippen molar-refractivity contribution in [2.45, 2.75) is 0 Å². The summed E-state index contributed by atoms with van der Waals surface area (Å²) >= 11 is 0. The number of benzene rings is 2. The molecular weight excluding hydrogens is 454 g/mol. The molecule has 0 saturated carbocycles. The molecule has 174 valence electrons. The topological polar surface area (TPSA) is 84.5 Å². The highest BCUT2D eigenvalue weighted by atomic mass is 35.5. The highest BCUT2D eigenvalue weighted by molar-refractivity contribution is 6.12. The van der Waals surface area contributed by atoms with E-state index in [4.69, 9.17) is 0 Å². The molecule has 0 spiro atoms. The van der Waals surface area contributed by atoms with Crippen LogP contribution < -0.4 is 4.90 Å². The van der Waals surface area contributed by atoms with Gasteiger partial charge in [0.15, 0.2) is 0 Å². The fraction of sp³-hybridized carbons (Fsp3) is 0.200. The molecular formula is C25H24ClN5O3. The fourth-order valence-corrected chi connectivity index (χ4v) is 4.51. The van der Waals surface area contributed by atoms with E-state index in [-0.39, 0.29) is 24.0 Å². The summed E-state index contributed by atoms with van der Waals surface area (Å²) in [5.74, 6) is 0.699. The van der Waals surface area contributed by atoms with Crippen molar-refractivity contribution >= 4 is 40.7 Å². The van der Waals surface area contributed by atoms with Crippen LogP contribution >= 0.6 is 12.4 Å². The number of halogens is 1. The van der Waals surface area contributed by atoms with Crippen LogP contribution in [0.5, 0.6) is 0 Å². The Kier molecular flexibility index (Phi) is 6.51. The van der Waals surface area contributed by atoms with Gasteiger partial charge >= 0.3 is 0 Å². The third kappa shape index (κ3) is 4.08. The molecule has 0 radical (unpaired) electrons. The maximum Gasteiger partial charge on any atom is 0.287 e. The summed E-state index contributed by atoms with van der Waals surface area (Å²) in [4.78, 5) is 32.4. The number of anilines is 1. The van der Waals surface area contributed by atoms with Crippen molar-refractivity contribution in [3.8, 4) is 11.3 Å². The average molecular weight is 478 g/mol. The number of nitrogens with zero attached hydrogens (tertiary/aromatic N) is 5. The van der Waals surface area contributed by atoms with Crippen LogP contribution in [-0.4, -0.2) is 51.5 Å². The van der Waals surface area contributed by atoms with Crippen LogP contribution in [0.2, 0.25) is 0 Å². The minimum atomic E-state index is -0.456. The van der Waals surface area contributed by atoms with Gasteiger partial charge in [-0.15, -0.1) is 12.4 Å². The molecule has 9 heteroatoms. The van der Waals surface area contributed by atoms with Gasteiger partial charge < -0.3 is 14.4 Å². The average Bonchev–Trinajstić information content (AvgIpc) is 3.16. The Balaban J connectivity index is 0.00000274. The zero-order chi connectivity index (χ0) is 22.9. The molecule has 3 heterocycles. The van der Waals surface area contributed by atoms with Crippen LogP contribution in [0.25, 0.3) is 22.2 Å². The second kappa shape index (κ2) is 9.52. The first kappa shape index (κ1) is 23.3. The van der Waals surface area contributed by atoms with E-state index in [1.165, 1.54) is 12.3 Å². The van der Waals surface area contributed by atoms with E-state index >= 15 is 0 Å². The van der Waals surface area contributed by atoms with Gasteiger partial charge in [-0.1, -0.05) is 48.5 Å². The largest absolute Gasteiger partial charge is 0.353 e. The van der Waals surface area contributed by atoms with E-state index in [0.717, 1.165) is 27.7 Å². The van der Waals surface area contributed by atoms with E-state index in [2.05, 4.69) is 14.5 Å². The molecule has 1 amide bonds. The molecule has 1 aliphatic heterocycles. The van der Waals surface area contributed by atoms with Gasteiger partial charge in [0.1, 0.15) is 12.0 Å². The third-order valence-electron chi connectivity index (χ3n) is 6.20. The number of carbonyl (C=O) groups excluding carboxylic acids is 1. The van der Waals surface area contributed by atoms with Crippen LogP contribution in [0.3, 0.4) is 0 Å². The number of aromatic nitrogens is 2. The quantitative estimate of drug-likeness (QED) is 0.318. The van der Waals surface area contributed by atoms with Gasteiger partial charge in [-0.25, -0.2) is 4.98 Å². The summed E-state index contributed by atoms with van der Waals surface area (Å²) in [6.45, 7) is 2.33. The Morgan fingerprint density at radius 1 is 0.941 bits per heavy atom. The van der Waals surface area contributed by atoms with E-state index < -0.39 is 4.92 Å². The predicted molar refractivity (Wildman–Crippen MR) is 135 cm³/mol. The van der Waals surface area contributed by atoms with Gasteiger partial charge in [-0.3, -0.25) is 14.9 Å². The smallest absolute Gasteiger partial charge is 0.287 e. The summed E-state index contributed by atoms with van der Waals surface area (Å²) in [5.41, 5.74) is 3.64. The summed E-state index contributed by atoms with van der Waals surface area (Å²) in [6.07, 6.45) is 1.27. The summed E-state index contributed by atoms with van der Waals surface area (Å²) in [7, 11) is 2.00. The molecule has 34 heavy (non-hydrogen) atoms. The molecule has 5 rings (SSSR count). The van der Waals surface area contributed by atoms with Gasteiger partial charge in [0, 0.05) is 50.2 Å².